The van der Waals surface area contributed by atoms with E-state index in [2.05, 4.69) is 36.3 Å². The minimum absolute atomic E-state index is 0.0255. The first-order chi connectivity index (χ1) is 10.6. The number of hydrogen-bond donors (Lipinski definition) is 1. The number of amides is 1. The summed E-state index contributed by atoms with van der Waals surface area (Å²) in [5.74, 6) is 0.375. The molecule has 0 saturated heterocycles. The van der Waals surface area contributed by atoms with Gasteiger partial charge in [-0.1, -0.05) is 31.2 Å². The Morgan fingerprint density at radius 1 is 1.32 bits per heavy atom. The quantitative estimate of drug-likeness (QED) is 0.863. The molecule has 0 radical (unpaired) electrons. The van der Waals surface area contributed by atoms with Gasteiger partial charge in [0.15, 0.2) is 5.69 Å². The fourth-order valence-corrected chi connectivity index (χ4v) is 3.41. The van der Waals surface area contributed by atoms with Crippen LogP contribution >= 0.6 is 0 Å². The van der Waals surface area contributed by atoms with Gasteiger partial charge in [0.1, 0.15) is 0 Å². The maximum atomic E-state index is 12.7. The molecule has 22 heavy (non-hydrogen) atoms. The van der Waals surface area contributed by atoms with Crippen LogP contribution in [-0.2, 0) is 0 Å². The Hall–Kier alpha value is -1.69. The summed E-state index contributed by atoms with van der Waals surface area (Å²) >= 11 is 0. The van der Waals surface area contributed by atoms with E-state index >= 15 is 0 Å². The van der Waals surface area contributed by atoms with Crippen LogP contribution < -0.4 is 5.73 Å². The molecule has 1 aliphatic heterocycles. The minimum Gasteiger partial charge on any atom is -0.328 e. The number of aromatic nitrogens is 3. The lowest BCUT2D eigenvalue weighted by Crippen LogP contribution is -2.39. The van der Waals surface area contributed by atoms with Crippen molar-refractivity contribution in [3.63, 3.8) is 0 Å². The molecule has 1 atom stereocenters. The number of hydrogen-bond acceptors (Lipinski definition) is 4. The fraction of sp³-hybridized carbons (Fsp3) is 0.688. The van der Waals surface area contributed by atoms with Crippen molar-refractivity contribution in [2.45, 2.75) is 57.7 Å². The highest BCUT2D eigenvalue weighted by Crippen LogP contribution is 2.27. The van der Waals surface area contributed by atoms with Crippen LogP contribution in [0.25, 0.3) is 0 Å². The Bertz CT molecular complexity index is 557. The molecule has 6 nitrogen and oxygen atoms in total. The van der Waals surface area contributed by atoms with Crippen molar-refractivity contribution < 1.29 is 4.79 Å². The molecule has 3 rings (SSSR count). The van der Waals surface area contributed by atoms with Gasteiger partial charge in [0.05, 0.1) is 18.3 Å². The first-order valence-electron chi connectivity index (χ1n) is 8.21. The first kappa shape index (κ1) is 15.2. The Morgan fingerprint density at radius 2 is 2.05 bits per heavy atom. The highest BCUT2D eigenvalue weighted by molar-refractivity contribution is 5.92. The molecule has 0 bridgehead atoms. The number of nitrogens with two attached hydrogens (primary N) is 1. The van der Waals surface area contributed by atoms with Crippen LogP contribution in [-0.4, -0.2) is 44.4 Å². The standard InChI is InChI=1S/C16H25N5O/c1-11(2)15-4-3-9-20(15)16(22)14-10-21(19-18-14)13-7-5-12(17)6-8-13/h3-4,10-13,15H,5-9,17H2,1-2H3/t12?,13?,15-/m0/s1. The van der Waals surface area contributed by atoms with E-state index in [1.54, 1.807) is 6.20 Å². The Morgan fingerprint density at radius 3 is 2.73 bits per heavy atom. The second kappa shape index (κ2) is 6.20. The van der Waals surface area contributed by atoms with E-state index in [1.165, 1.54) is 0 Å². The predicted molar refractivity (Wildman–Crippen MR) is 84.3 cm³/mol. The van der Waals surface area contributed by atoms with Gasteiger partial charge in [-0.15, -0.1) is 5.10 Å². The van der Waals surface area contributed by atoms with Crippen molar-refractivity contribution in [3.8, 4) is 0 Å². The van der Waals surface area contributed by atoms with Gasteiger partial charge < -0.3 is 10.6 Å². The first-order valence-corrected chi connectivity index (χ1v) is 8.21. The second-order valence-corrected chi connectivity index (χ2v) is 6.77. The monoisotopic (exact) mass is 303 g/mol. The highest BCUT2D eigenvalue weighted by Gasteiger charge is 2.30. The number of carbonyl (C=O) groups is 1. The summed E-state index contributed by atoms with van der Waals surface area (Å²) in [5.41, 5.74) is 6.39. The molecular weight excluding hydrogens is 278 g/mol. The van der Waals surface area contributed by atoms with E-state index in [4.69, 9.17) is 5.73 Å². The Balaban J connectivity index is 1.69. The lowest BCUT2D eigenvalue weighted by molar-refractivity contribution is 0.0714. The molecule has 1 aromatic heterocycles. The molecule has 120 valence electrons. The zero-order valence-corrected chi connectivity index (χ0v) is 13.4. The molecule has 1 aliphatic carbocycles. The zero-order valence-electron chi connectivity index (χ0n) is 13.4. The van der Waals surface area contributed by atoms with Crippen LogP contribution in [0.15, 0.2) is 18.3 Å². The fourth-order valence-electron chi connectivity index (χ4n) is 3.41. The van der Waals surface area contributed by atoms with Crippen molar-refractivity contribution in [2.24, 2.45) is 11.7 Å². The van der Waals surface area contributed by atoms with Crippen LogP contribution in [0.3, 0.4) is 0 Å². The molecule has 0 unspecified atom stereocenters. The average Bonchev–Trinajstić information content (AvgIpc) is 3.17. The van der Waals surface area contributed by atoms with Crippen molar-refractivity contribution in [1.29, 1.82) is 0 Å². The molecule has 1 aromatic rings. The molecule has 0 aromatic carbocycles. The minimum atomic E-state index is -0.0255. The summed E-state index contributed by atoms with van der Waals surface area (Å²) in [5, 5.41) is 8.30. The third kappa shape index (κ3) is 2.92. The topological polar surface area (TPSA) is 77.0 Å². The largest absolute Gasteiger partial charge is 0.328 e. The van der Waals surface area contributed by atoms with Gasteiger partial charge in [0, 0.05) is 12.6 Å². The van der Waals surface area contributed by atoms with E-state index in [0.29, 0.717) is 30.2 Å². The van der Waals surface area contributed by atoms with Crippen LogP contribution in [0.5, 0.6) is 0 Å². The summed E-state index contributed by atoms with van der Waals surface area (Å²) in [6.07, 6.45) is 10.0. The van der Waals surface area contributed by atoms with E-state index in [9.17, 15) is 4.79 Å². The van der Waals surface area contributed by atoms with Crippen LogP contribution in [0.2, 0.25) is 0 Å². The average molecular weight is 303 g/mol. The van der Waals surface area contributed by atoms with E-state index in [1.807, 2.05) is 9.58 Å². The smallest absolute Gasteiger partial charge is 0.276 e. The van der Waals surface area contributed by atoms with Gasteiger partial charge in [0.25, 0.3) is 5.91 Å². The SMILES string of the molecule is CC(C)[C@@H]1C=CCN1C(=O)c1cn(C2CCC(N)CC2)nn1. The lowest BCUT2D eigenvalue weighted by atomic mass is 9.92. The number of nitrogens with zero attached hydrogens (tertiary/aromatic N) is 4. The summed E-state index contributed by atoms with van der Waals surface area (Å²) in [6.45, 7) is 4.91. The molecule has 1 saturated carbocycles. The summed E-state index contributed by atoms with van der Waals surface area (Å²) in [6, 6.07) is 0.792. The summed E-state index contributed by atoms with van der Waals surface area (Å²) in [4.78, 5) is 14.5. The highest BCUT2D eigenvalue weighted by atomic mass is 16.2. The van der Waals surface area contributed by atoms with E-state index < -0.39 is 0 Å². The van der Waals surface area contributed by atoms with Crippen LogP contribution in [0, 0.1) is 5.92 Å². The van der Waals surface area contributed by atoms with Crippen LogP contribution in [0.4, 0.5) is 0 Å². The van der Waals surface area contributed by atoms with E-state index in [0.717, 1.165) is 25.7 Å². The molecule has 1 fully saturated rings. The zero-order chi connectivity index (χ0) is 15.7. The summed E-state index contributed by atoms with van der Waals surface area (Å²) in [7, 11) is 0. The third-order valence-electron chi connectivity index (χ3n) is 4.78. The van der Waals surface area contributed by atoms with Gasteiger partial charge in [0.2, 0.25) is 0 Å². The lowest BCUT2D eigenvalue weighted by Gasteiger charge is -2.27. The van der Waals surface area contributed by atoms with E-state index in [-0.39, 0.29) is 11.9 Å². The Labute approximate surface area is 131 Å². The van der Waals surface area contributed by atoms with Gasteiger partial charge >= 0.3 is 0 Å². The number of rotatable bonds is 3. The maximum absolute atomic E-state index is 12.7. The molecule has 6 heteroatoms. The molecule has 2 aliphatic rings. The van der Waals surface area contributed by atoms with Crippen molar-refractivity contribution >= 4 is 5.91 Å². The molecular formula is C16H25N5O. The molecule has 1 amide bonds. The van der Waals surface area contributed by atoms with Crippen molar-refractivity contribution in [1.82, 2.24) is 19.9 Å². The summed E-state index contributed by atoms with van der Waals surface area (Å²) < 4.78 is 1.85. The number of carbonyl (C=O) groups excluding carboxylic acids is 1. The third-order valence-corrected chi connectivity index (χ3v) is 4.78. The van der Waals surface area contributed by atoms with Crippen molar-refractivity contribution in [2.75, 3.05) is 6.54 Å². The van der Waals surface area contributed by atoms with Crippen LogP contribution in [0.1, 0.15) is 56.1 Å². The van der Waals surface area contributed by atoms with Gasteiger partial charge in [-0.2, -0.15) is 0 Å². The van der Waals surface area contributed by atoms with Gasteiger partial charge in [-0.3, -0.25) is 4.79 Å². The molecule has 2 heterocycles. The second-order valence-electron chi connectivity index (χ2n) is 6.77. The van der Waals surface area contributed by atoms with Crippen molar-refractivity contribution in [3.05, 3.63) is 24.0 Å². The van der Waals surface area contributed by atoms with Gasteiger partial charge in [-0.25, -0.2) is 4.68 Å². The predicted octanol–water partition coefficient (Wildman–Crippen LogP) is 1.76. The normalized spacial score (nSPS) is 28.5. The van der Waals surface area contributed by atoms with Gasteiger partial charge in [-0.05, 0) is 31.6 Å². The Kier molecular flexibility index (Phi) is 4.29. The maximum Gasteiger partial charge on any atom is 0.276 e. The molecule has 2 N–H and O–H groups in total. The molecule has 0 spiro atoms.